The van der Waals surface area contributed by atoms with Crippen LogP contribution >= 0.6 is 0 Å². The molecule has 0 fully saturated rings. The number of carbonyl (C=O) groups excluding carboxylic acids is 1. The number of ether oxygens (including phenoxy) is 1. The van der Waals surface area contributed by atoms with E-state index in [1.165, 1.54) is 0 Å². The molecule has 0 saturated heterocycles. The molecule has 0 radical (unpaired) electrons. The van der Waals surface area contributed by atoms with Crippen LogP contribution in [0.15, 0.2) is 42.0 Å². The maximum atomic E-state index is 11.5. The van der Waals surface area contributed by atoms with E-state index in [4.69, 9.17) is 9.84 Å². The number of carboxylic acids is 1. The third-order valence-electron chi connectivity index (χ3n) is 2.64. The zero-order valence-corrected chi connectivity index (χ0v) is 11.8. The lowest BCUT2D eigenvalue weighted by Gasteiger charge is -2.08. The van der Waals surface area contributed by atoms with Crippen molar-refractivity contribution in [1.29, 1.82) is 0 Å². The van der Waals surface area contributed by atoms with E-state index in [1.807, 2.05) is 30.3 Å². The summed E-state index contributed by atoms with van der Waals surface area (Å²) < 4.78 is 4.95. The van der Waals surface area contributed by atoms with Gasteiger partial charge in [-0.25, -0.2) is 4.79 Å². The number of rotatable bonds is 7. The Balaban J connectivity index is 2.55. The van der Waals surface area contributed by atoms with E-state index in [9.17, 15) is 9.59 Å². The summed E-state index contributed by atoms with van der Waals surface area (Å²) in [6, 6.07) is 9.79. The van der Waals surface area contributed by atoms with Crippen LogP contribution in [0.25, 0.3) is 0 Å². The van der Waals surface area contributed by atoms with Gasteiger partial charge in [-0.15, -0.1) is 0 Å². The Labute approximate surface area is 119 Å². The van der Waals surface area contributed by atoms with Crippen molar-refractivity contribution in [3.8, 4) is 0 Å². The smallest absolute Gasteiger partial charge is 0.331 e. The molecule has 0 saturated carbocycles. The third-order valence-corrected chi connectivity index (χ3v) is 2.64. The van der Waals surface area contributed by atoms with Gasteiger partial charge in [-0.1, -0.05) is 36.4 Å². The van der Waals surface area contributed by atoms with Gasteiger partial charge < -0.3 is 9.84 Å². The van der Waals surface area contributed by atoms with Gasteiger partial charge >= 0.3 is 11.9 Å². The number of carbonyl (C=O) groups is 2. The zero-order valence-electron chi connectivity index (χ0n) is 11.8. The first-order chi connectivity index (χ1) is 9.49. The van der Waals surface area contributed by atoms with Crippen LogP contribution in [-0.4, -0.2) is 23.1 Å². The summed E-state index contributed by atoms with van der Waals surface area (Å²) in [6.45, 7) is 3.47. The van der Waals surface area contributed by atoms with Gasteiger partial charge in [0, 0.05) is 5.57 Å². The molecule has 4 nitrogen and oxygen atoms in total. The van der Waals surface area contributed by atoms with E-state index in [2.05, 4.69) is 0 Å². The average Bonchev–Trinajstić information content (AvgIpc) is 2.37. The zero-order chi connectivity index (χ0) is 15.0. The number of aliphatic carboxylic acids is 1. The fraction of sp³-hybridized carbons (Fsp3) is 0.375. The van der Waals surface area contributed by atoms with Gasteiger partial charge in [0.25, 0.3) is 0 Å². The van der Waals surface area contributed by atoms with Gasteiger partial charge in [0.05, 0.1) is 12.5 Å². The van der Waals surface area contributed by atoms with Gasteiger partial charge in [-0.3, -0.25) is 4.79 Å². The molecule has 1 N–H and O–H groups in total. The van der Waals surface area contributed by atoms with Crippen LogP contribution in [0.2, 0.25) is 0 Å². The summed E-state index contributed by atoms with van der Waals surface area (Å²) in [5, 5.41) is 9.08. The quantitative estimate of drug-likeness (QED) is 0.614. The number of hydrogen-bond donors (Lipinski definition) is 1. The van der Waals surface area contributed by atoms with Crippen molar-refractivity contribution in [2.75, 3.05) is 0 Å². The minimum Gasteiger partial charge on any atom is -0.478 e. The van der Waals surface area contributed by atoms with Crippen LogP contribution in [0.1, 0.15) is 32.3 Å². The van der Waals surface area contributed by atoms with Crippen molar-refractivity contribution in [3.63, 3.8) is 0 Å². The van der Waals surface area contributed by atoms with Crippen molar-refractivity contribution in [3.05, 3.63) is 47.5 Å². The van der Waals surface area contributed by atoms with Crippen LogP contribution in [-0.2, 0) is 20.7 Å². The summed E-state index contributed by atoms with van der Waals surface area (Å²) >= 11 is 0. The molecule has 1 aromatic carbocycles. The summed E-state index contributed by atoms with van der Waals surface area (Å²) in [5.74, 6) is -1.58. The van der Waals surface area contributed by atoms with Gasteiger partial charge in [-0.05, 0) is 32.3 Å². The number of hydrogen-bond acceptors (Lipinski definition) is 3. The molecule has 0 aliphatic rings. The summed E-state index contributed by atoms with van der Waals surface area (Å²) in [6.07, 6.45) is 2.50. The van der Waals surface area contributed by atoms with Gasteiger partial charge in [0.1, 0.15) is 0 Å². The first-order valence-corrected chi connectivity index (χ1v) is 6.64. The molecule has 4 heteroatoms. The molecule has 0 spiro atoms. The Morgan fingerprint density at radius 2 is 1.90 bits per heavy atom. The highest BCUT2D eigenvalue weighted by Gasteiger charge is 2.14. The Kier molecular flexibility index (Phi) is 6.50. The number of allylic oxidation sites excluding steroid dienone is 1. The molecular weight excluding hydrogens is 256 g/mol. The minimum absolute atomic E-state index is 0.0894. The predicted octanol–water partition coefficient (Wildman–Crippen LogP) is 2.97. The van der Waals surface area contributed by atoms with E-state index in [0.717, 1.165) is 12.0 Å². The monoisotopic (exact) mass is 276 g/mol. The standard InChI is InChI=1S/C16H20O4/c1-12(2)20-15(17)11-14(16(18)19)10-6-9-13-7-4-3-5-8-13/h3-5,7-8,10,12H,6,9,11H2,1-2H3,(H,18,19)/b14-10+. The minimum atomic E-state index is -1.07. The first-order valence-electron chi connectivity index (χ1n) is 6.64. The lowest BCUT2D eigenvalue weighted by atomic mass is 10.1. The molecule has 1 rings (SSSR count). The van der Waals surface area contributed by atoms with Crippen LogP contribution < -0.4 is 0 Å². The number of esters is 1. The lowest BCUT2D eigenvalue weighted by molar-refractivity contribution is -0.148. The molecule has 0 atom stereocenters. The first kappa shape index (κ1) is 16.0. The van der Waals surface area contributed by atoms with Gasteiger partial charge in [-0.2, -0.15) is 0 Å². The van der Waals surface area contributed by atoms with E-state index >= 15 is 0 Å². The van der Waals surface area contributed by atoms with Crippen molar-refractivity contribution < 1.29 is 19.4 Å². The number of aryl methyl sites for hydroxylation is 1. The molecule has 0 aromatic heterocycles. The van der Waals surface area contributed by atoms with Crippen molar-refractivity contribution in [1.82, 2.24) is 0 Å². The topological polar surface area (TPSA) is 63.6 Å². The molecule has 108 valence electrons. The SMILES string of the molecule is CC(C)OC(=O)C/C(=C\CCc1ccccc1)C(=O)O. The molecule has 1 aromatic rings. The second kappa shape index (κ2) is 8.15. The second-order valence-corrected chi connectivity index (χ2v) is 4.77. The Bertz CT molecular complexity index is 475. The highest BCUT2D eigenvalue weighted by molar-refractivity contribution is 5.92. The third kappa shape index (κ3) is 6.18. The van der Waals surface area contributed by atoms with Gasteiger partial charge in [0.2, 0.25) is 0 Å². The molecule has 0 amide bonds. The summed E-state index contributed by atoms with van der Waals surface area (Å²) in [4.78, 5) is 22.6. The molecule has 0 aliphatic heterocycles. The lowest BCUT2D eigenvalue weighted by Crippen LogP contribution is -2.14. The molecule has 0 bridgehead atoms. The van der Waals surface area contributed by atoms with Gasteiger partial charge in [0.15, 0.2) is 0 Å². The largest absolute Gasteiger partial charge is 0.478 e. The molecule has 0 unspecified atom stereocenters. The Hall–Kier alpha value is -2.10. The fourth-order valence-corrected chi connectivity index (χ4v) is 1.75. The molecule has 0 aliphatic carbocycles. The van der Waals surface area contributed by atoms with E-state index < -0.39 is 11.9 Å². The van der Waals surface area contributed by atoms with Crippen LogP contribution in [0.5, 0.6) is 0 Å². The highest BCUT2D eigenvalue weighted by atomic mass is 16.5. The number of benzene rings is 1. The highest BCUT2D eigenvalue weighted by Crippen LogP contribution is 2.09. The summed E-state index contributed by atoms with van der Waals surface area (Å²) in [7, 11) is 0. The molecular formula is C16H20O4. The van der Waals surface area contributed by atoms with E-state index in [0.29, 0.717) is 6.42 Å². The Morgan fingerprint density at radius 3 is 2.45 bits per heavy atom. The average molecular weight is 276 g/mol. The second-order valence-electron chi connectivity index (χ2n) is 4.77. The van der Waals surface area contributed by atoms with Crippen molar-refractivity contribution in [2.45, 2.75) is 39.2 Å². The predicted molar refractivity (Wildman–Crippen MR) is 76.3 cm³/mol. The summed E-state index contributed by atoms with van der Waals surface area (Å²) in [5.41, 5.74) is 1.23. The van der Waals surface area contributed by atoms with Crippen LogP contribution in [0.3, 0.4) is 0 Å². The maximum Gasteiger partial charge on any atom is 0.331 e. The Morgan fingerprint density at radius 1 is 1.25 bits per heavy atom. The fourth-order valence-electron chi connectivity index (χ4n) is 1.75. The van der Waals surface area contributed by atoms with Crippen molar-refractivity contribution in [2.24, 2.45) is 0 Å². The van der Waals surface area contributed by atoms with Crippen LogP contribution in [0, 0.1) is 0 Å². The number of carboxylic acid groups (broad SMARTS) is 1. The van der Waals surface area contributed by atoms with Crippen LogP contribution in [0.4, 0.5) is 0 Å². The normalized spacial score (nSPS) is 11.4. The van der Waals surface area contributed by atoms with Crippen molar-refractivity contribution >= 4 is 11.9 Å². The molecule has 0 heterocycles. The van der Waals surface area contributed by atoms with E-state index in [1.54, 1.807) is 19.9 Å². The maximum absolute atomic E-state index is 11.5. The molecule has 20 heavy (non-hydrogen) atoms. The van der Waals surface area contributed by atoms with E-state index in [-0.39, 0.29) is 18.1 Å².